The quantitative estimate of drug-likeness (QED) is 0.681. The summed E-state index contributed by atoms with van der Waals surface area (Å²) in [5.41, 5.74) is 2.86. The summed E-state index contributed by atoms with van der Waals surface area (Å²) in [4.78, 5) is 6.87. The molecule has 0 amide bonds. The highest BCUT2D eigenvalue weighted by atomic mass is 15.3. The van der Waals surface area contributed by atoms with Crippen LogP contribution in [0, 0.1) is 6.92 Å². The molecule has 1 saturated heterocycles. The Hall–Kier alpha value is -2.37. The molecule has 3 heterocycles. The summed E-state index contributed by atoms with van der Waals surface area (Å²) in [7, 11) is 1.86. The number of fused-ring (bicyclic) bond motifs is 1. The fraction of sp³-hybridized carbons (Fsp3) is 0.550. The maximum absolute atomic E-state index is 4.51. The zero-order valence-electron chi connectivity index (χ0n) is 15.8. The third-order valence-corrected chi connectivity index (χ3v) is 5.67. The van der Waals surface area contributed by atoms with E-state index in [1.807, 2.05) is 7.05 Å². The standard InChI is InChI=1S/C20H28N6/c1-15-7-3-4-8-17(15)16-10-12-25(14-16)20(21-2)22-13-19-24-23-18-9-5-6-11-26(18)19/h3-4,7-8,16H,5-6,9-14H2,1-2H3,(H,21,22). The van der Waals surface area contributed by atoms with Gasteiger partial charge in [0, 0.05) is 39.0 Å². The van der Waals surface area contributed by atoms with Crippen molar-refractivity contribution in [1.82, 2.24) is 25.0 Å². The predicted octanol–water partition coefficient (Wildman–Crippen LogP) is 2.49. The van der Waals surface area contributed by atoms with Crippen LogP contribution in [0.5, 0.6) is 0 Å². The SMILES string of the molecule is CN=C(NCc1nnc2n1CCCC2)N1CCC(c2ccccc2C)C1. The van der Waals surface area contributed by atoms with E-state index in [0.717, 1.165) is 43.7 Å². The molecule has 0 saturated carbocycles. The number of nitrogens with zero attached hydrogens (tertiary/aromatic N) is 5. The minimum absolute atomic E-state index is 0.579. The number of benzene rings is 1. The second-order valence-electron chi connectivity index (χ2n) is 7.33. The number of rotatable bonds is 3. The van der Waals surface area contributed by atoms with Gasteiger partial charge in [-0.1, -0.05) is 24.3 Å². The van der Waals surface area contributed by atoms with Crippen molar-refractivity contribution < 1.29 is 0 Å². The van der Waals surface area contributed by atoms with Gasteiger partial charge in [-0.2, -0.15) is 0 Å². The van der Waals surface area contributed by atoms with Crippen molar-refractivity contribution in [2.24, 2.45) is 4.99 Å². The third-order valence-electron chi connectivity index (χ3n) is 5.67. The van der Waals surface area contributed by atoms with Crippen LogP contribution in [0.4, 0.5) is 0 Å². The van der Waals surface area contributed by atoms with Gasteiger partial charge in [-0.3, -0.25) is 4.99 Å². The van der Waals surface area contributed by atoms with Gasteiger partial charge in [-0.25, -0.2) is 0 Å². The van der Waals surface area contributed by atoms with Crippen molar-refractivity contribution in [2.75, 3.05) is 20.1 Å². The highest BCUT2D eigenvalue weighted by Crippen LogP contribution is 2.29. The third kappa shape index (κ3) is 3.32. The summed E-state index contributed by atoms with van der Waals surface area (Å²) in [5.74, 6) is 3.70. The van der Waals surface area contributed by atoms with Crippen molar-refractivity contribution in [2.45, 2.75) is 51.6 Å². The number of aromatic nitrogens is 3. The van der Waals surface area contributed by atoms with E-state index in [9.17, 15) is 0 Å². The van der Waals surface area contributed by atoms with Gasteiger partial charge in [0.15, 0.2) is 11.8 Å². The van der Waals surface area contributed by atoms with E-state index in [2.05, 4.69) is 61.2 Å². The monoisotopic (exact) mass is 352 g/mol. The first-order valence-corrected chi connectivity index (χ1v) is 9.68. The van der Waals surface area contributed by atoms with E-state index < -0.39 is 0 Å². The van der Waals surface area contributed by atoms with Gasteiger partial charge in [-0.15, -0.1) is 10.2 Å². The van der Waals surface area contributed by atoms with Crippen LogP contribution in [0.25, 0.3) is 0 Å². The van der Waals surface area contributed by atoms with E-state index in [1.165, 1.54) is 30.4 Å². The molecule has 0 bridgehead atoms. The van der Waals surface area contributed by atoms with Crippen LogP contribution in [0.2, 0.25) is 0 Å². The summed E-state index contributed by atoms with van der Waals surface area (Å²) >= 11 is 0. The average Bonchev–Trinajstić information content (AvgIpc) is 3.30. The number of hydrogen-bond acceptors (Lipinski definition) is 3. The maximum Gasteiger partial charge on any atom is 0.194 e. The summed E-state index contributed by atoms with van der Waals surface area (Å²) in [6.07, 6.45) is 4.66. The summed E-state index contributed by atoms with van der Waals surface area (Å²) < 4.78 is 2.27. The summed E-state index contributed by atoms with van der Waals surface area (Å²) in [5, 5.41) is 12.2. The molecule has 0 aliphatic carbocycles. The summed E-state index contributed by atoms with van der Waals surface area (Å²) in [6, 6.07) is 8.74. The topological polar surface area (TPSA) is 58.3 Å². The molecule has 6 nitrogen and oxygen atoms in total. The van der Waals surface area contributed by atoms with Crippen LogP contribution < -0.4 is 5.32 Å². The molecule has 1 atom stereocenters. The first-order chi connectivity index (χ1) is 12.8. The second kappa shape index (κ2) is 7.48. The number of aryl methyl sites for hydroxylation is 2. The molecule has 1 N–H and O–H groups in total. The maximum atomic E-state index is 4.51. The van der Waals surface area contributed by atoms with Crippen LogP contribution in [0.3, 0.4) is 0 Å². The highest BCUT2D eigenvalue weighted by Gasteiger charge is 2.27. The number of likely N-dealkylation sites (tertiary alicyclic amines) is 1. The van der Waals surface area contributed by atoms with Crippen molar-refractivity contribution in [1.29, 1.82) is 0 Å². The lowest BCUT2D eigenvalue weighted by molar-refractivity contribution is 0.475. The van der Waals surface area contributed by atoms with Gasteiger partial charge in [0.05, 0.1) is 6.54 Å². The summed E-state index contributed by atoms with van der Waals surface area (Å²) in [6.45, 7) is 5.99. The Balaban J connectivity index is 1.39. The van der Waals surface area contributed by atoms with Crippen LogP contribution >= 0.6 is 0 Å². The van der Waals surface area contributed by atoms with Crippen LogP contribution in [0.1, 0.15) is 48.0 Å². The van der Waals surface area contributed by atoms with Crippen molar-refractivity contribution >= 4 is 5.96 Å². The lowest BCUT2D eigenvalue weighted by Crippen LogP contribution is -2.40. The van der Waals surface area contributed by atoms with Gasteiger partial charge in [0.25, 0.3) is 0 Å². The van der Waals surface area contributed by atoms with Gasteiger partial charge < -0.3 is 14.8 Å². The minimum atomic E-state index is 0.579. The second-order valence-corrected chi connectivity index (χ2v) is 7.33. The Kier molecular flexibility index (Phi) is 4.91. The molecule has 1 unspecified atom stereocenters. The van der Waals surface area contributed by atoms with E-state index in [4.69, 9.17) is 0 Å². The first-order valence-electron chi connectivity index (χ1n) is 9.68. The molecule has 2 aromatic rings. The van der Waals surface area contributed by atoms with Crippen molar-refractivity contribution in [3.63, 3.8) is 0 Å². The zero-order valence-corrected chi connectivity index (χ0v) is 15.8. The molecule has 138 valence electrons. The predicted molar refractivity (Wildman–Crippen MR) is 103 cm³/mol. The Morgan fingerprint density at radius 1 is 1.23 bits per heavy atom. The molecule has 1 aromatic heterocycles. The Bertz CT molecular complexity index is 793. The largest absolute Gasteiger partial charge is 0.349 e. The van der Waals surface area contributed by atoms with Crippen molar-refractivity contribution in [3.05, 3.63) is 47.0 Å². The van der Waals surface area contributed by atoms with Crippen LogP contribution in [-0.4, -0.2) is 45.8 Å². The van der Waals surface area contributed by atoms with Crippen molar-refractivity contribution in [3.8, 4) is 0 Å². The fourth-order valence-electron chi connectivity index (χ4n) is 4.24. The molecule has 2 aliphatic rings. The van der Waals surface area contributed by atoms with E-state index >= 15 is 0 Å². The molecule has 2 aliphatic heterocycles. The van der Waals surface area contributed by atoms with E-state index in [0.29, 0.717) is 12.5 Å². The molecule has 0 radical (unpaired) electrons. The minimum Gasteiger partial charge on any atom is -0.349 e. The smallest absolute Gasteiger partial charge is 0.194 e. The van der Waals surface area contributed by atoms with E-state index in [1.54, 1.807) is 0 Å². The molecular weight excluding hydrogens is 324 g/mol. The van der Waals surface area contributed by atoms with Crippen LogP contribution in [-0.2, 0) is 19.5 Å². The van der Waals surface area contributed by atoms with Gasteiger partial charge in [0.2, 0.25) is 0 Å². The number of guanidine groups is 1. The number of nitrogens with one attached hydrogen (secondary N) is 1. The molecule has 6 heteroatoms. The fourth-order valence-corrected chi connectivity index (χ4v) is 4.24. The Labute approximate surface area is 155 Å². The Morgan fingerprint density at radius 3 is 2.96 bits per heavy atom. The lowest BCUT2D eigenvalue weighted by atomic mass is 9.94. The average molecular weight is 352 g/mol. The molecular formula is C20H28N6. The van der Waals surface area contributed by atoms with Gasteiger partial charge in [0.1, 0.15) is 5.82 Å². The van der Waals surface area contributed by atoms with Gasteiger partial charge in [-0.05, 0) is 37.3 Å². The zero-order chi connectivity index (χ0) is 17.9. The first kappa shape index (κ1) is 17.1. The Morgan fingerprint density at radius 2 is 2.12 bits per heavy atom. The normalized spacial score (nSPS) is 20.3. The molecule has 26 heavy (non-hydrogen) atoms. The molecule has 1 fully saturated rings. The number of aliphatic imine (C=N–C) groups is 1. The van der Waals surface area contributed by atoms with E-state index in [-0.39, 0.29) is 0 Å². The molecule has 0 spiro atoms. The highest BCUT2D eigenvalue weighted by molar-refractivity contribution is 5.80. The lowest BCUT2D eigenvalue weighted by Gasteiger charge is -2.22. The van der Waals surface area contributed by atoms with Crippen LogP contribution in [0.15, 0.2) is 29.3 Å². The van der Waals surface area contributed by atoms with Gasteiger partial charge >= 0.3 is 0 Å². The molecule has 1 aromatic carbocycles. The molecule has 4 rings (SSSR count). The number of hydrogen-bond donors (Lipinski definition) is 1.